The van der Waals surface area contributed by atoms with Gasteiger partial charge in [-0.2, -0.15) is 5.26 Å². The topological polar surface area (TPSA) is 198 Å². The molecule has 1 aliphatic carbocycles. The molecule has 3 aromatic rings. The number of amides is 3. The molecule has 4 rings (SSSR count). The fourth-order valence-corrected chi connectivity index (χ4v) is 4.06. The van der Waals surface area contributed by atoms with Gasteiger partial charge in [-0.25, -0.2) is 4.99 Å². The molecule has 2 heterocycles. The fraction of sp³-hybridized carbons (Fsp3) is 0.233. The van der Waals surface area contributed by atoms with Gasteiger partial charge in [-0.1, -0.05) is 18.7 Å². The van der Waals surface area contributed by atoms with Crippen LogP contribution in [0.5, 0.6) is 5.75 Å². The number of nitrogens with one attached hydrogen (secondary N) is 4. The highest BCUT2D eigenvalue weighted by atomic mass is 16.5. The Kier molecular flexibility index (Phi) is 9.71. The molecule has 0 aliphatic heterocycles. The van der Waals surface area contributed by atoms with Crippen molar-refractivity contribution in [3.8, 4) is 11.8 Å². The van der Waals surface area contributed by atoms with Crippen molar-refractivity contribution in [2.24, 2.45) is 10.9 Å². The van der Waals surface area contributed by atoms with Crippen molar-refractivity contribution in [2.45, 2.75) is 19.4 Å². The van der Waals surface area contributed by atoms with Gasteiger partial charge in [0.15, 0.2) is 11.5 Å². The van der Waals surface area contributed by atoms with Crippen LogP contribution < -0.4 is 20.7 Å². The normalized spacial score (nSPS) is 12.1. The number of nitrogens with zero attached hydrogens (tertiary/aromatic N) is 6. The summed E-state index contributed by atoms with van der Waals surface area (Å²) in [5.74, 6) is -1.36. The smallest absolute Gasteiger partial charge is 0.291 e. The molecular weight excluding hydrogens is 564 g/mol. The number of pyridine rings is 1. The first-order valence-corrected chi connectivity index (χ1v) is 13.4. The Morgan fingerprint density at radius 1 is 1.23 bits per heavy atom. The van der Waals surface area contributed by atoms with Gasteiger partial charge in [-0.3, -0.25) is 24.8 Å². The summed E-state index contributed by atoms with van der Waals surface area (Å²) in [6.45, 7) is 4.11. The van der Waals surface area contributed by atoms with Gasteiger partial charge in [0, 0.05) is 44.1 Å². The lowest BCUT2D eigenvalue weighted by atomic mass is 10.1. The van der Waals surface area contributed by atoms with Crippen LogP contribution in [0.25, 0.3) is 5.57 Å². The average Bonchev–Trinajstić information content (AvgIpc) is 3.89. The summed E-state index contributed by atoms with van der Waals surface area (Å²) in [5, 5.41) is 33.6. The van der Waals surface area contributed by atoms with Gasteiger partial charge in [-0.05, 0) is 36.6 Å². The van der Waals surface area contributed by atoms with Crippen molar-refractivity contribution >= 4 is 52.5 Å². The second kappa shape index (κ2) is 13.8. The number of carbonyl (C=O) groups excluding carboxylic acids is 3. The summed E-state index contributed by atoms with van der Waals surface area (Å²) in [5.41, 5.74) is 2.45. The van der Waals surface area contributed by atoms with E-state index in [2.05, 4.69) is 42.7 Å². The van der Waals surface area contributed by atoms with E-state index in [1.165, 1.54) is 44.6 Å². The first-order valence-electron chi connectivity index (χ1n) is 13.4. The number of rotatable bonds is 10. The van der Waals surface area contributed by atoms with E-state index in [-0.39, 0.29) is 35.6 Å². The summed E-state index contributed by atoms with van der Waals surface area (Å²) in [6, 6.07) is 11.8. The zero-order chi connectivity index (χ0) is 31.8. The minimum absolute atomic E-state index is 0.00426. The zero-order valence-corrected chi connectivity index (χ0v) is 24.3. The molecule has 4 N–H and O–H groups in total. The summed E-state index contributed by atoms with van der Waals surface area (Å²) in [4.78, 5) is 46.9. The van der Waals surface area contributed by atoms with Gasteiger partial charge < -0.3 is 25.6 Å². The monoisotopic (exact) mass is 594 g/mol. The summed E-state index contributed by atoms with van der Waals surface area (Å²) < 4.78 is 5.66. The predicted molar refractivity (Wildman–Crippen MR) is 164 cm³/mol. The number of methoxy groups -OCH3 is 1. The van der Waals surface area contributed by atoms with E-state index in [1.807, 2.05) is 6.07 Å². The van der Waals surface area contributed by atoms with E-state index < -0.39 is 17.6 Å². The first-order chi connectivity index (χ1) is 21.1. The van der Waals surface area contributed by atoms with Crippen molar-refractivity contribution < 1.29 is 19.1 Å². The standard InChI is InChI=1S/C30H30N10O4/c1-17(15-35-27(32)30(43)40(3)16-20-12-18(14-31)10-11-34-20)21-6-5-7-22(26(21)44-4)36-23-13-24(37-28(41)19-8-9-19)38-39-25(23)29(42)33-2/h5-7,10-13,15,19,32H,1,8-9,16H2,2-4H3,(H,33,42)(H2,36,37,38,41). The van der Waals surface area contributed by atoms with Gasteiger partial charge in [-0.15, -0.1) is 10.2 Å². The quantitative estimate of drug-likeness (QED) is 0.201. The van der Waals surface area contributed by atoms with E-state index in [0.29, 0.717) is 33.8 Å². The maximum Gasteiger partial charge on any atom is 0.291 e. The SMILES string of the molecule is C=C(C=NC(=N)C(=O)N(C)Cc1cc(C#N)ccn1)c1cccc(Nc2cc(NC(=O)C3CC3)nnc2C(=O)NC)c1OC. The summed E-state index contributed by atoms with van der Waals surface area (Å²) >= 11 is 0. The van der Waals surface area contributed by atoms with Gasteiger partial charge in [0.25, 0.3) is 11.8 Å². The Labute approximate surface area is 253 Å². The number of benzene rings is 1. The largest absolute Gasteiger partial charge is 0.494 e. The van der Waals surface area contributed by atoms with Crippen LogP contribution in [-0.2, 0) is 16.1 Å². The third-order valence-corrected chi connectivity index (χ3v) is 6.51. The fourth-order valence-electron chi connectivity index (χ4n) is 4.06. The number of allylic oxidation sites excluding steroid dienone is 1. The van der Waals surface area contributed by atoms with Crippen molar-refractivity contribution in [3.05, 3.63) is 71.7 Å². The summed E-state index contributed by atoms with van der Waals surface area (Å²) in [7, 11) is 4.42. The Balaban J connectivity index is 1.52. The van der Waals surface area contributed by atoms with Crippen molar-refractivity contribution in [3.63, 3.8) is 0 Å². The second-order valence-corrected chi connectivity index (χ2v) is 9.79. The van der Waals surface area contributed by atoms with E-state index in [1.54, 1.807) is 30.3 Å². The highest BCUT2D eigenvalue weighted by molar-refractivity contribution is 6.39. The molecule has 44 heavy (non-hydrogen) atoms. The Bertz CT molecular complexity index is 1710. The number of para-hydroxylation sites is 1. The Morgan fingerprint density at radius 2 is 2.00 bits per heavy atom. The van der Waals surface area contributed by atoms with Crippen LogP contribution in [-0.4, -0.2) is 71.1 Å². The number of aliphatic imine (C=N–C) groups is 1. The molecule has 0 saturated heterocycles. The van der Waals surface area contributed by atoms with Crippen molar-refractivity contribution in [1.82, 2.24) is 25.4 Å². The van der Waals surface area contributed by atoms with E-state index in [4.69, 9.17) is 15.4 Å². The number of hydrogen-bond acceptors (Lipinski definition) is 10. The lowest BCUT2D eigenvalue weighted by molar-refractivity contribution is -0.123. The molecule has 0 spiro atoms. The molecule has 0 radical (unpaired) electrons. The van der Waals surface area contributed by atoms with Gasteiger partial charge in [0.2, 0.25) is 11.7 Å². The first kappa shape index (κ1) is 31.0. The molecule has 1 fully saturated rings. The number of amidine groups is 1. The molecule has 0 unspecified atom stereocenters. The zero-order valence-electron chi connectivity index (χ0n) is 24.3. The molecule has 2 aromatic heterocycles. The molecule has 224 valence electrons. The molecule has 14 heteroatoms. The number of nitriles is 1. The Hall–Kier alpha value is -5.97. The highest BCUT2D eigenvalue weighted by Gasteiger charge is 2.30. The number of likely N-dealkylation sites (N-methyl/N-ethyl adjacent to an activating group) is 1. The third-order valence-electron chi connectivity index (χ3n) is 6.51. The molecule has 14 nitrogen and oxygen atoms in total. The van der Waals surface area contributed by atoms with Gasteiger partial charge in [0.1, 0.15) is 5.75 Å². The molecular formula is C30H30N10O4. The lowest BCUT2D eigenvalue weighted by Gasteiger charge is -2.17. The lowest BCUT2D eigenvalue weighted by Crippen LogP contribution is -2.32. The molecule has 0 bridgehead atoms. The van der Waals surface area contributed by atoms with Crippen LogP contribution in [0, 0.1) is 22.7 Å². The van der Waals surface area contributed by atoms with Crippen LogP contribution in [0.1, 0.15) is 40.2 Å². The number of aromatic nitrogens is 3. The van der Waals surface area contributed by atoms with Crippen molar-refractivity contribution in [1.29, 1.82) is 10.7 Å². The average molecular weight is 595 g/mol. The maximum atomic E-state index is 12.7. The third kappa shape index (κ3) is 7.45. The predicted octanol–water partition coefficient (Wildman–Crippen LogP) is 2.92. The van der Waals surface area contributed by atoms with Crippen LogP contribution in [0.3, 0.4) is 0 Å². The molecule has 1 aliphatic rings. The maximum absolute atomic E-state index is 12.7. The Morgan fingerprint density at radius 3 is 2.68 bits per heavy atom. The number of hydrogen-bond donors (Lipinski definition) is 4. The minimum Gasteiger partial charge on any atom is -0.494 e. The molecule has 3 amide bonds. The number of anilines is 3. The molecule has 1 aromatic carbocycles. The van der Waals surface area contributed by atoms with Crippen LogP contribution >= 0.6 is 0 Å². The van der Waals surface area contributed by atoms with E-state index in [0.717, 1.165) is 12.8 Å². The molecule has 0 atom stereocenters. The van der Waals surface area contributed by atoms with Gasteiger partial charge in [0.05, 0.1) is 42.4 Å². The van der Waals surface area contributed by atoms with E-state index >= 15 is 0 Å². The van der Waals surface area contributed by atoms with Crippen LogP contribution in [0.2, 0.25) is 0 Å². The minimum atomic E-state index is -0.655. The molecule has 1 saturated carbocycles. The van der Waals surface area contributed by atoms with Crippen LogP contribution in [0.15, 0.2) is 54.2 Å². The summed E-state index contributed by atoms with van der Waals surface area (Å²) in [6.07, 6.45) is 4.39. The van der Waals surface area contributed by atoms with E-state index in [9.17, 15) is 14.4 Å². The van der Waals surface area contributed by atoms with Crippen LogP contribution in [0.4, 0.5) is 17.2 Å². The second-order valence-electron chi connectivity index (χ2n) is 9.79. The van der Waals surface area contributed by atoms with Crippen molar-refractivity contribution in [2.75, 3.05) is 31.8 Å². The highest BCUT2D eigenvalue weighted by Crippen LogP contribution is 2.36. The van der Waals surface area contributed by atoms with Gasteiger partial charge >= 0.3 is 0 Å². The number of ether oxygens (including phenoxy) is 1. The number of carbonyl (C=O) groups is 3.